The third-order valence-electron chi connectivity index (χ3n) is 5.53. The van der Waals surface area contributed by atoms with Crippen molar-refractivity contribution in [2.24, 2.45) is 0 Å². The second-order valence-corrected chi connectivity index (χ2v) is 9.36. The minimum Gasteiger partial charge on any atom is -0.347 e. The molecular weight excluding hydrogens is 446 g/mol. The number of amides is 2. The standard InChI is InChI=1S/C27H31N3O3S/c1-19-4-15-24(16-5-19)34-29-25(27(32)30(2)3)18-21-8-13-23(14-9-21)22-11-6-20(7-12-22)10-17-26(31)28-33/h4-9,11-16,25,29,33H,10,17-18H2,1-3H3,(H,28,31)/t25-/m0/s1. The SMILES string of the molecule is Cc1ccc(SN[C@@H](Cc2ccc(-c3ccc(CCC(=O)NO)cc3)cc2)C(=O)N(C)C)cc1. The molecule has 0 fully saturated rings. The summed E-state index contributed by atoms with van der Waals surface area (Å²) in [6, 6.07) is 24.2. The third kappa shape index (κ3) is 7.45. The fraction of sp³-hybridized carbons (Fsp3) is 0.259. The first-order valence-corrected chi connectivity index (χ1v) is 12.0. The minimum atomic E-state index is -0.391. The van der Waals surface area contributed by atoms with Gasteiger partial charge in [0.05, 0.1) is 0 Å². The summed E-state index contributed by atoms with van der Waals surface area (Å²) in [5, 5.41) is 8.61. The molecule has 3 aromatic rings. The molecule has 0 aliphatic heterocycles. The Bertz CT molecular complexity index is 1080. The molecule has 0 bridgehead atoms. The molecule has 0 saturated heterocycles. The van der Waals surface area contributed by atoms with Crippen LogP contribution in [-0.4, -0.2) is 42.1 Å². The topological polar surface area (TPSA) is 81.7 Å². The van der Waals surface area contributed by atoms with Crippen molar-refractivity contribution in [3.8, 4) is 11.1 Å². The Morgan fingerprint density at radius 2 is 1.44 bits per heavy atom. The molecule has 7 heteroatoms. The monoisotopic (exact) mass is 477 g/mol. The summed E-state index contributed by atoms with van der Waals surface area (Å²) in [6.45, 7) is 2.05. The van der Waals surface area contributed by atoms with Crippen molar-refractivity contribution >= 4 is 23.8 Å². The Morgan fingerprint density at radius 1 is 0.882 bits per heavy atom. The van der Waals surface area contributed by atoms with Crippen molar-refractivity contribution in [3.05, 3.63) is 89.5 Å². The minimum absolute atomic E-state index is 0.0363. The summed E-state index contributed by atoms with van der Waals surface area (Å²) in [5.41, 5.74) is 7.13. The van der Waals surface area contributed by atoms with E-state index in [4.69, 9.17) is 5.21 Å². The predicted octanol–water partition coefficient (Wildman–Crippen LogP) is 4.40. The Kier molecular flexibility index (Phi) is 9.27. The molecule has 0 aliphatic rings. The van der Waals surface area contributed by atoms with Gasteiger partial charge in [0.15, 0.2) is 0 Å². The van der Waals surface area contributed by atoms with Crippen molar-refractivity contribution in [2.75, 3.05) is 14.1 Å². The van der Waals surface area contributed by atoms with E-state index in [9.17, 15) is 9.59 Å². The highest BCUT2D eigenvalue weighted by Gasteiger charge is 2.21. The van der Waals surface area contributed by atoms with Gasteiger partial charge in [-0.25, -0.2) is 10.2 Å². The summed E-state index contributed by atoms with van der Waals surface area (Å²) in [6.07, 6.45) is 1.40. The predicted molar refractivity (Wildman–Crippen MR) is 136 cm³/mol. The van der Waals surface area contributed by atoms with E-state index in [1.54, 1.807) is 24.5 Å². The first-order valence-electron chi connectivity index (χ1n) is 11.2. The molecular formula is C27H31N3O3S. The molecule has 0 aromatic heterocycles. The van der Waals surface area contributed by atoms with Crippen molar-refractivity contribution in [1.82, 2.24) is 15.1 Å². The molecule has 3 N–H and O–H groups in total. The summed E-state index contributed by atoms with van der Waals surface area (Å²) in [7, 11) is 3.55. The number of rotatable bonds is 10. The van der Waals surface area contributed by atoms with E-state index in [0.717, 1.165) is 27.1 Å². The van der Waals surface area contributed by atoms with Gasteiger partial charge >= 0.3 is 0 Å². The van der Waals surface area contributed by atoms with Gasteiger partial charge < -0.3 is 4.90 Å². The molecule has 2 amide bonds. The van der Waals surface area contributed by atoms with Crippen LogP contribution in [0.2, 0.25) is 0 Å². The van der Waals surface area contributed by atoms with Gasteiger partial charge in [-0.2, -0.15) is 0 Å². The van der Waals surface area contributed by atoms with Crippen LogP contribution >= 0.6 is 11.9 Å². The normalized spacial score (nSPS) is 11.6. The van der Waals surface area contributed by atoms with Crippen LogP contribution < -0.4 is 10.2 Å². The zero-order valence-corrected chi connectivity index (χ0v) is 20.6. The average molecular weight is 478 g/mol. The highest BCUT2D eigenvalue weighted by molar-refractivity contribution is 7.97. The van der Waals surface area contributed by atoms with E-state index < -0.39 is 5.91 Å². The van der Waals surface area contributed by atoms with Crippen LogP contribution in [0.1, 0.15) is 23.1 Å². The Hall–Kier alpha value is -3.13. The second kappa shape index (κ2) is 12.4. The number of carbonyl (C=O) groups excluding carboxylic acids is 2. The maximum Gasteiger partial charge on any atom is 0.243 e. The van der Waals surface area contributed by atoms with Crippen molar-refractivity contribution in [3.63, 3.8) is 0 Å². The lowest BCUT2D eigenvalue weighted by atomic mass is 9.99. The number of hydroxylamine groups is 1. The number of likely N-dealkylation sites (N-methyl/N-ethyl adjacent to an activating group) is 1. The van der Waals surface area contributed by atoms with Crippen molar-refractivity contribution in [2.45, 2.75) is 37.1 Å². The van der Waals surface area contributed by atoms with Crippen LogP contribution in [0.25, 0.3) is 11.1 Å². The van der Waals surface area contributed by atoms with Crippen LogP contribution in [0.4, 0.5) is 0 Å². The largest absolute Gasteiger partial charge is 0.347 e. The summed E-state index contributed by atoms with van der Waals surface area (Å²) < 4.78 is 3.34. The van der Waals surface area contributed by atoms with E-state index >= 15 is 0 Å². The van der Waals surface area contributed by atoms with Crippen LogP contribution in [0.15, 0.2) is 77.7 Å². The van der Waals surface area contributed by atoms with Gasteiger partial charge in [0.1, 0.15) is 6.04 Å². The molecule has 0 saturated carbocycles. The molecule has 0 aliphatic carbocycles. The molecule has 0 radical (unpaired) electrons. The summed E-state index contributed by atoms with van der Waals surface area (Å²) in [5.74, 6) is -0.355. The lowest BCUT2D eigenvalue weighted by Crippen LogP contribution is -2.42. The van der Waals surface area contributed by atoms with Crippen LogP contribution in [0, 0.1) is 6.92 Å². The number of nitrogens with one attached hydrogen (secondary N) is 2. The van der Waals surface area contributed by atoms with Gasteiger partial charge in [0.2, 0.25) is 11.8 Å². The number of benzene rings is 3. The molecule has 178 valence electrons. The number of hydrogen-bond acceptors (Lipinski definition) is 5. The molecule has 3 rings (SSSR count). The molecule has 0 heterocycles. The van der Waals surface area contributed by atoms with Crippen LogP contribution in [-0.2, 0) is 22.4 Å². The third-order valence-corrected chi connectivity index (χ3v) is 6.44. The number of hydrogen-bond donors (Lipinski definition) is 3. The molecule has 1 atom stereocenters. The van der Waals surface area contributed by atoms with Gasteiger partial charge in [-0.15, -0.1) is 0 Å². The maximum absolute atomic E-state index is 12.8. The van der Waals surface area contributed by atoms with Gasteiger partial charge in [-0.1, -0.05) is 66.2 Å². The van der Waals surface area contributed by atoms with E-state index in [1.807, 2.05) is 36.4 Å². The van der Waals surface area contributed by atoms with E-state index in [2.05, 4.69) is 48.0 Å². The molecule has 3 aromatic carbocycles. The fourth-order valence-corrected chi connectivity index (χ4v) is 4.22. The first-order chi connectivity index (χ1) is 16.4. The van der Waals surface area contributed by atoms with Crippen LogP contribution in [0.5, 0.6) is 0 Å². The Morgan fingerprint density at radius 3 is 1.97 bits per heavy atom. The Labute approximate surface area is 205 Å². The molecule has 0 spiro atoms. The van der Waals surface area contributed by atoms with Gasteiger partial charge in [0, 0.05) is 25.4 Å². The van der Waals surface area contributed by atoms with E-state index in [-0.39, 0.29) is 18.4 Å². The smallest absolute Gasteiger partial charge is 0.243 e. The maximum atomic E-state index is 12.8. The Balaban J connectivity index is 1.64. The quantitative estimate of drug-likeness (QED) is 0.229. The molecule has 6 nitrogen and oxygen atoms in total. The second-order valence-electron chi connectivity index (χ2n) is 8.45. The van der Waals surface area contributed by atoms with Crippen molar-refractivity contribution in [1.29, 1.82) is 0 Å². The van der Waals surface area contributed by atoms with E-state index in [1.165, 1.54) is 17.5 Å². The fourth-order valence-electron chi connectivity index (χ4n) is 3.48. The van der Waals surface area contributed by atoms with Gasteiger partial charge in [-0.05, 0) is 66.1 Å². The average Bonchev–Trinajstić information content (AvgIpc) is 2.86. The molecule has 0 unspecified atom stereocenters. The highest BCUT2D eigenvalue weighted by atomic mass is 32.2. The molecule has 34 heavy (non-hydrogen) atoms. The first kappa shape index (κ1) is 25.5. The zero-order valence-electron chi connectivity index (χ0n) is 19.7. The summed E-state index contributed by atoms with van der Waals surface area (Å²) in [4.78, 5) is 26.7. The zero-order chi connectivity index (χ0) is 24.5. The van der Waals surface area contributed by atoms with Gasteiger partial charge in [-0.3, -0.25) is 14.8 Å². The van der Waals surface area contributed by atoms with Crippen LogP contribution in [0.3, 0.4) is 0 Å². The number of nitrogens with zero attached hydrogens (tertiary/aromatic N) is 1. The van der Waals surface area contributed by atoms with Gasteiger partial charge in [0.25, 0.3) is 0 Å². The van der Waals surface area contributed by atoms with Crippen molar-refractivity contribution < 1.29 is 14.8 Å². The lowest BCUT2D eigenvalue weighted by molar-refractivity contribution is -0.130. The lowest BCUT2D eigenvalue weighted by Gasteiger charge is -2.21. The summed E-state index contributed by atoms with van der Waals surface area (Å²) >= 11 is 1.47. The van der Waals surface area contributed by atoms with E-state index in [0.29, 0.717) is 12.8 Å². The highest BCUT2D eigenvalue weighted by Crippen LogP contribution is 2.22. The number of carbonyl (C=O) groups is 2. The number of aryl methyl sites for hydroxylation is 2.